The molecule has 0 spiro atoms. The molecule has 3 unspecified atom stereocenters. The lowest BCUT2D eigenvalue weighted by Gasteiger charge is -2.18. The highest BCUT2D eigenvalue weighted by Crippen LogP contribution is 2.34. The number of nitrogens with zero attached hydrogens (tertiary/aromatic N) is 1. The van der Waals surface area contributed by atoms with Crippen LogP contribution in [0.2, 0.25) is 0 Å². The van der Waals surface area contributed by atoms with Crippen molar-refractivity contribution in [1.82, 2.24) is 9.55 Å². The van der Waals surface area contributed by atoms with Gasteiger partial charge in [0.2, 0.25) is 0 Å². The van der Waals surface area contributed by atoms with Crippen molar-refractivity contribution < 1.29 is 9.13 Å². The second-order valence-corrected chi connectivity index (χ2v) is 4.22. The lowest BCUT2D eigenvalue weighted by atomic mass is 10.0. The van der Waals surface area contributed by atoms with Gasteiger partial charge in [-0.15, -0.1) is 0 Å². The van der Waals surface area contributed by atoms with Crippen molar-refractivity contribution >= 4 is 0 Å². The predicted molar refractivity (Wildman–Crippen MR) is 59.6 cm³/mol. The van der Waals surface area contributed by atoms with Gasteiger partial charge in [0.05, 0.1) is 12.8 Å². The molecule has 0 aromatic carbocycles. The summed E-state index contributed by atoms with van der Waals surface area (Å²) in [5.74, 6) is -0.330. The van der Waals surface area contributed by atoms with Crippen LogP contribution in [0.1, 0.15) is 26.0 Å². The Bertz CT molecular complexity index is 496. The maximum atomic E-state index is 12.9. The van der Waals surface area contributed by atoms with E-state index in [0.29, 0.717) is 6.42 Å². The lowest BCUT2D eigenvalue weighted by Crippen LogP contribution is -2.33. The van der Waals surface area contributed by atoms with Crippen LogP contribution >= 0.6 is 0 Å². The van der Waals surface area contributed by atoms with E-state index in [-0.39, 0.29) is 12.0 Å². The van der Waals surface area contributed by atoms with Crippen LogP contribution in [0, 0.1) is 5.92 Å². The number of halogens is 1. The second-order valence-electron chi connectivity index (χ2n) is 4.22. The molecule has 2 rings (SSSR count). The zero-order chi connectivity index (χ0) is 12.4. The van der Waals surface area contributed by atoms with Gasteiger partial charge in [-0.05, 0) is 12.8 Å². The summed E-state index contributed by atoms with van der Waals surface area (Å²) in [5, 5.41) is 0. The largest absolute Gasteiger partial charge is 0.354 e. The molecule has 94 valence electrons. The molecule has 17 heavy (non-hydrogen) atoms. The van der Waals surface area contributed by atoms with E-state index in [1.165, 1.54) is 16.8 Å². The smallest absolute Gasteiger partial charge is 0.330 e. The van der Waals surface area contributed by atoms with Gasteiger partial charge in [-0.1, -0.05) is 6.92 Å². The second kappa shape index (κ2) is 4.83. The van der Waals surface area contributed by atoms with Gasteiger partial charge in [0, 0.05) is 18.2 Å². The maximum absolute atomic E-state index is 12.9. The first-order chi connectivity index (χ1) is 8.15. The van der Waals surface area contributed by atoms with Crippen molar-refractivity contribution in [3.05, 3.63) is 33.1 Å². The third-order valence-corrected chi connectivity index (χ3v) is 3.08. The standard InChI is InChI=1S/C11H15FN2O3/c1-2-8-5-7(6-12)10(17-8)14-4-3-9(15)13-11(14)16/h3-4,7-8,10H,2,5-6H2,1H3,(H,13,15,16). The quantitative estimate of drug-likeness (QED) is 0.853. The number of aromatic nitrogens is 2. The summed E-state index contributed by atoms with van der Waals surface area (Å²) < 4.78 is 19.8. The van der Waals surface area contributed by atoms with E-state index < -0.39 is 24.2 Å². The van der Waals surface area contributed by atoms with Crippen molar-refractivity contribution in [1.29, 1.82) is 0 Å². The first kappa shape index (κ1) is 12.0. The molecule has 1 aliphatic rings. The molecule has 1 N–H and O–H groups in total. The molecule has 6 heteroatoms. The zero-order valence-electron chi connectivity index (χ0n) is 9.56. The Morgan fingerprint density at radius 1 is 1.59 bits per heavy atom. The minimum absolute atomic E-state index is 0.0282. The highest BCUT2D eigenvalue weighted by atomic mass is 19.1. The van der Waals surface area contributed by atoms with E-state index in [9.17, 15) is 14.0 Å². The molecule has 2 heterocycles. The number of hydrogen-bond donors (Lipinski definition) is 1. The van der Waals surface area contributed by atoms with Crippen LogP contribution < -0.4 is 11.2 Å². The first-order valence-electron chi connectivity index (χ1n) is 5.68. The molecule has 0 amide bonds. The van der Waals surface area contributed by atoms with Crippen molar-refractivity contribution in [2.75, 3.05) is 6.67 Å². The molecule has 3 atom stereocenters. The van der Waals surface area contributed by atoms with Crippen LogP contribution in [0.25, 0.3) is 0 Å². The Labute approximate surface area is 97.2 Å². The number of hydrogen-bond acceptors (Lipinski definition) is 3. The normalized spacial score (nSPS) is 28.5. The van der Waals surface area contributed by atoms with Crippen molar-refractivity contribution in [2.45, 2.75) is 32.1 Å². The molecule has 0 aliphatic carbocycles. The molecule has 1 aliphatic heterocycles. The van der Waals surface area contributed by atoms with E-state index in [4.69, 9.17) is 4.74 Å². The van der Waals surface area contributed by atoms with Crippen molar-refractivity contribution in [3.8, 4) is 0 Å². The topological polar surface area (TPSA) is 64.1 Å². The van der Waals surface area contributed by atoms with Gasteiger partial charge >= 0.3 is 5.69 Å². The summed E-state index contributed by atoms with van der Waals surface area (Å²) in [5.41, 5.74) is -1.02. The van der Waals surface area contributed by atoms with E-state index in [1.54, 1.807) is 0 Å². The number of ether oxygens (including phenoxy) is 1. The summed E-state index contributed by atoms with van der Waals surface area (Å²) in [6.07, 6.45) is 2.09. The molecular formula is C11H15FN2O3. The SMILES string of the molecule is CCC1CC(CF)C(n2ccc(=O)[nH]c2=O)O1. The molecule has 1 fully saturated rings. The predicted octanol–water partition coefficient (Wildman–Crippen LogP) is 0.820. The molecule has 5 nitrogen and oxygen atoms in total. The fourth-order valence-electron chi connectivity index (χ4n) is 2.14. The van der Waals surface area contributed by atoms with Crippen molar-refractivity contribution in [3.63, 3.8) is 0 Å². The zero-order valence-corrected chi connectivity index (χ0v) is 9.56. The molecule has 0 radical (unpaired) electrons. The Balaban J connectivity index is 2.32. The third kappa shape index (κ3) is 2.31. The van der Waals surface area contributed by atoms with E-state index >= 15 is 0 Å². The number of rotatable bonds is 3. The number of aromatic amines is 1. The van der Waals surface area contributed by atoms with E-state index in [0.717, 1.165) is 6.42 Å². The molecular weight excluding hydrogens is 227 g/mol. The van der Waals surface area contributed by atoms with Crippen LogP contribution in [-0.4, -0.2) is 22.3 Å². The highest BCUT2D eigenvalue weighted by Gasteiger charge is 2.36. The van der Waals surface area contributed by atoms with Gasteiger partial charge in [0.15, 0.2) is 0 Å². The third-order valence-electron chi connectivity index (χ3n) is 3.08. The van der Waals surface area contributed by atoms with E-state index in [2.05, 4.69) is 4.98 Å². The van der Waals surface area contributed by atoms with Gasteiger partial charge in [0.1, 0.15) is 6.23 Å². The van der Waals surface area contributed by atoms with Gasteiger partial charge in [0.25, 0.3) is 5.56 Å². The van der Waals surface area contributed by atoms with Crippen molar-refractivity contribution in [2.24, 2.45) is 5.92 Å². The van der Waals surface area contributed by atoms with Crippen LogP contribution in [0.15, 0.2) is 21.9 Å². The fourth-order valence-corrected chi connectivity index (χ4v) is 2.14. The number of H-pyrrole nitrogens is 1. The van der Waals surface area contributed by atoms with Gasteiger partial charge in [-0.2, -0.15) is 0 Å². The minimum Gasteiger partial charge on any atom is -0.354 e. The first-order valence-corrected chi connectivity index (χ1v) is 5.68. The van der Waals surface area contributed by atoms with Crippen LogP contribution in [0.3, 0.4) is 0 Å². The van der Waals surface area contributed by atoms with Gasteiger partial charge in [-0.3, -0.25) is 18.7 Å². The summed E-state index contributed by atoms with van der Waals surface area (Å²) in [6, 6.07) is 1.24. The maximum Gasteiger partial charge on any atom is 0.330 e. The summed E-state index contributed by atoms with van der Waals surface area (Å²) in [4.78, 5) is 24.7. The Morgan fingerprint density at radius 3 is 2.94 bits per heavy atom. The Morgan fingerprint density at radius 2 is 2.35 bits per heavy atom. The Hall–Kier alpha value is -1.43. The summed E-state index contributed by atoms with van der Waals surface area (Å²) >= 11 is 0. The highest BCUT2D eigenvalue weighted by molar-refractivity contribution is 4.88. The Kier molecular flexibility index (Phi) is 3.42. The molecule has 1 saturated heterocycles. The summed E-state index contributed by atoms with van der Waals surface area (Å²) in [7, 11) is 0. The average Bonchev–Trinajstić information content (AvgIpc) is 2.72. The average molecular weight is 242 g/mol. The minimum atomic E-state index is -0.616. The van der Waals surface area contributed by atoms with Gasteiger partial charge in [-0.25, -0.2) is 4.79 Å². The molecule has 1 aromatic heterocycles. The van der Waals surface area contributed by atoms with Crippen LogP contribution in [0.5, 0.6) is 0 Å². The van der Waals surface area contributed by atoms with E-state index in [1.807, 2.05) is 6.92 Å². The summed E-state index contributed by atoms with van der Waals surface area (Å²) in [6.45, 7) is 1.42. The van der Waals surface area contributed by atoms with Crippen LogP contribution in [-0.2, 0) is 4.74 Å². The molecule has 1 aromatic rings. The van der Waals surface area contributed by atoms with Crippen LogP contribution in [0.4, 0.5) is 4.39 Å². The molecule has 0 bridgehead atoms. The molecule has 0 saturated carbocycles. The fraction of sp³-hybridized carbons (Fsp3) is 0.636. The van der Waals surface area contributed by atoms with Gasteiger partial charge < -0.3 is 4.74 Å². The number of alkyl halides is 1. The monoisotopic (exact) mass is 242 g/mol. The lowest BCUT2D eigenvalue weighted by molar-refractivity contribution is -0.0195. The number of nitrogens with one attached hydrogen (secondary N) is 1.